The van der Waals surface area contributed by atoms with Gasteiger partial charge in [0, 0.05) is 12.1 Å². The molecule has 1 fully saturated rings. The van der Waals surface area contributed by atoms with Crippen molar-refractivity contribution in [1.29, 1.82) is 0 Å². The van der Waals surface area contributed by atoms with Gasteiger partial charge in [0.1, 0.15) is 11.6 Å². The molecular formula is C10H11F2NO. The number of benzene rings is 1. The minimum absolute atomic E-state index is 0.163. The van der Waals surface area contributed by atoms with Crippen molar-refractivity contribution >= 4 is 0 Å². The molecular weight excluding hydrogens is 188 g/mol. The topological polar surface area (TPSA) is 21.3 Å². The van der Waals surface area contributed by atoms with E-state index < -0.39 is 11.6 Å². The summed E-state index contributed by atoms with van der Waals surface area (Å²) in [6.45, 7) is 0.655. The van der Waals surface area contributed by atoms with Gasteiger partial charge < -0.3 is 4.84 Å². The van der Waals surface area contributed by atoms with Crippen LogP contribution in [0.15, 0.2) is 18.2 Å². The summed E-state index contributed by atoms with van der Waals surface area (Å²) in [4.78, 5) is 4.95. The minimum Gasteiger partial charge on any atom is -0.301 e. The van der Waals surface area contributed by atoms with Gasteiger partial charge in [-0.2, -0.15) is 5.48 Å². The van der Waals surface area contributed by atoms with Crippen molar-refractivity contribution < 1.29 is 13.6 Å². The number of halogens is 2. The van der Waals surface area contributed by atoms with Gasteiger partial charge in [-0.05, 0) is 30.5 Å². The number of hydroxylamine groups is 1. The number of rotatable bonds is 2. The van der Waals surface area contributed by atoms with Crippen molar-refractivity contribution in [3.63, 3.8) is 0 Å². The van der Waals surface area contributed by atoms with Crippen molar-refractivity contribution in [2.45, 2.75) is 18.9 Å². The Bertz CT molecular complexity index is 304. The fourth-order valence-corrected chi connectivity index (χ4v) is 1.59. The molecule has 0 aromatic heterocycles. The van der Waals surface area contributed by atoms with Crippen LogP contribution in [0.25, 0.3) is 0 Å². The van der Waals surface area contributed by atoms with Gasteiger partial charge in [0.2, 0.25) is 0 Å². The molecule has 4 heteroatoms. The number of nitrogens with one attached hydrogen (secondary N) is 1. The molecule has 2 rings (SSSR count). The van der Waals surface area contributed by atoms with Crippen LogP contribution in [0.5, 0.6) is 0 Å². The Labute approximate surface area is 80.8 Å². The third-order valence-electron chi connectivity index (χ3n) is 2.22. The van der Waals surface area contributed by atoms with Crippen LogP contribution < -0.4 is 5.48 Å². The second kappa shape index (κ2) is 4.02. The summed E-state index contributed by atoms with van der Waals surface area (Å²) in [6.07, 6.45) is 1.47. The first-order chi connectivity index (χ1) is 6.74. The molecule has 1 aromatic rings. The van der Waals surface area contributed by atoms with Crippen LogP contribution >= 0.6 is 0 Å². The highest BCUT2D eigenvalue weighted by molar-refractivity contribution is 5.18. The van der Waals surface area contributed by atoms with Crippen LogP contribution in [-0.2, 0) is 11.3 Å². The Morgan fingerprint density at radius 3 is 2.57 bits per heavy atom. The van der Waals surface area contributed by atoms with E-state index in [1.54, 1.807) is 0 Å². The molecule has 1 aliphatic heterocycles. The lowest BCUT2D eigenvalue weighted by molar-refractivity contribution is 0.0882. The highest BCUT2D eigenvalue weighted by Gasteiger charge is 2.15. The zero-order chi connectivity index (χ0) is 9.97. The van der Waals surface area contributed by atoms with Crippen molar-refractivity contribution in [2.24, 2.45) is 0 Å². The van der Waals surface area contributed by atoms with E-state index in [4.69, 9.17) is 4.84 Å². The summed E-state index contributed by atoms with van der Waals surface area (Å²) in [5.41, 5.74) is 3.46. The number of hydrogen-bond donors (Lipinski definition) is 1. The summed E-state index contributed by atoms with van der Waals surface area (Å²) in [6, 6.07) is 3.74. The molecule has 2 nitrogen and oxygen atoms in total. The summed E-state index contributed by atoms with van der Waals surface area (Å²) >= 11 is 0. The summed E-state index contributed by atoms with van der Waals surface area (Å²) in [5.74, 6) is -1.06. The molecule has 1 aliphatic rings. The van der Waals surface area contributed by atoms with Crippen molar-refractivity contribution in [3.05, 3.63) is 35.4 Å². The van der Waals surface area contributed by atoms with E-state index in [1.165, 1.54) is 12.1 Å². The molecule has 0 radical (unpaired) electrons. The van der Waals surface area contributed by atoms with Crippen LogP contribution in [0.2, 0.25) is 0 Å². The van der Waals surface area contributed by atoms with Crippen molar-refractivity contribution in [3.8, 4) is 0 Å². The third-order valence-corrected chi connectivity index (χ3v) is 2.22. The fourth-order valence-electron chi connectivity index (χ4n) is 1.59. The predicted molar refractivity (Wildman–Crippen MR) is 47.6 cm³/mol. The molecule has 14 heavy (non-hydrogen) atoms. The van der Waals surface area contributed by atoms with Crippen molar-refractivity contribution in [2.75, 3.05) is 6.61 Å². The van der Waals surface area contributed by atoms with Crippen LogP contribution in [0.1, 0.15) is 12.0 Å². The monoisotopic (exact) mass is 199 g/mol. The van der Waals surface area contributed by atoms with Gasteiger partial charge in [-0.1, -0.05) is 0 Å². The molecule has 0 saturated carbocycles. The SMILES string of the molecule is Fc1cc(F)cc(C[C@H]2CCON2)c1. The molecule has 0 unspecified atom stereocenters. The standard InChI is InChI=1S/C10H11F2NO/c11-8-3-7(4-9(12)6-8)5-10-1-2-14-13-10/h3-4,6,10,13H,1-2,5H2/t10-/m1/s1. The summed E-state index contributed by atoms with van der Waals surface area (Å²) in [5, 5.41) is 0. The Balaban J connectivity index is 2.07. The van der Waals surface area contributed by atoms with Crippen LogP contribution in [0, 0.1) is 11.6 Å². The van der Waals surface area contributed by atoms with Crippen LogP contribution in [-0.4, -0.2) is 12.6 Å². The second-order valence-corrected chi connectivity index (χ2v) is 3.43. The van der Waals surface area contributed by atoms with Crippen LogP contribution in [0.3, 0.4) is 0 Å². The molecule has 1 atom stereocenters. The van der Waals surface area contributed by atoms with Crippen molar-refractivity contribution in [1.82, 2.24) is 5.48 Å². The molecule has 0 bridgehead atoms. The average molecular weight is 199 g/mol. The van der Waals surface area contributed by atoms with E-state index >= 15 is 0 Å². The maximum atomic E-state index is 12.8. The summed E-state index contributed by atoms with van der Waals surface area (Å²) < 4.78 is 25.6. The molecule has 0 aliphatic carbocycles. The minimum atomic E-state index is -0.529. The lowest BCUT2D eigenvalue weighted by Gasteiger charge is -2.08. The first kappa shape index (κ1) is 9.55. The lowest BCUT2D eigenvalue weighted by Crippen LogP contribution is -2.22. The van der Waals surface area contributed by atoms with E-state index in [0.29, 0.717) is 18.6 Å². The Morgan fingerprint density at radius 1 is 1.29 bits per heavy atom. The van der Waals surface area contributed by atoms with E-state index in [-0.39, 0.29) is 6.04 Å². The molecule has 1 heterocycles. The maximum Gasteiger partial charge on any atom is 0.126 e. The maximum absolute atomic E-state index is 12.8. The van der Waals surface area contributed by atoms with E-state index in [0.717, 1.165) is 12.5 Å². The lowest BCUT2D eigenvalue weighted by atomic mass is 10.0. The highest BCUT2D eigenvalue weighted by atomic mass is 19.1. The Hall–Kier alpha value is -1.00. The van der Waals surface area contributed by atoms with Gasteiger partial charge in [0.25, 0.3) is 0 Å². The smallest absolute Gasteiger partial charge is 0.126 e. The van der Waals surface area contributed by atoms with Gasteiger partial charge in [-0.25, -0.2) is 8.78 Å². The molecule has 0 amide bonds. The van der Waals surface area contributed by atoms with Crippen LogP contribution in [0.4, 0.5) is 8.78 Å². The third kappa shape index (κ3) is 2.27. The molecule has 0 spiro atoms. The summed E-state index contributed by atoms with van der Waals surface area (Å²) in [7, 11) is 0. The van der Waals surface area contributed by atoms with E-state index in [2.05, 4.69) is 5.48 Å². The Morgan fingerprint density at radius 2 is 2.00 bits per heavy atom. The first-order valence-corrected chi connectivity index (χ1v) is 4.56. The molecule has 1 N–H and O–H groups in total. The number of hydrogen-bond acceptors (Lipinski definition) is 2. The second-order valence-electron chi connectivity index (χ2n) is 3.43. The Kier molecular flexibility index (Phi) is 2.74. The van der Waals surface area contributed by atoms with Gasteiger partial charge >= 0.3 is 0 Å². The zero-order valence-electron chi connectivity index (χ0n) is 7.59. The highest BCUT2D eigenvalue weighted by Crippen LogP contribution is 2.13. The molecule has 1 aromatic carbocycles. The first-order valence-electron chi connectivity index (χ1n) is 4.56. The van der Waals surface area contributed by atoms with Gasteiger partial charge in [-0.15, -0.1) is 0 Å². The van der Waals surface area contributed by atoms with Gasteiger partial charge in [0.05, 0.1) is 6.61 Å². The normalized spacial score (nSPS) is 21.4. The predicted octanol–water partition coefficient (Wildman–Crippen LogP) is 1.80. The quantitative estimate of drug-likeness (QED) is 0.784. The van der Waals surface area contributed by atoms with Gasteiger partial charge in [-0.3, -0.25) is 0 Å². The average Bonchev–Trinajstić information content (AvgIpc) is 2.54. The van der Waals surface area contributed by atoms with Gasteiger partial charge in [0.15, 0.2) is 0 Å². The zero-order valence-corrected chi connectivity index (χ0v) is 7.59. The molecule has 76 valence electrons. The van der Waals surface area contributed by atoms with E-state index in [1.807, 2.05) is 0 Å². The molecule has 1 saturated heterocycles. The fraction of sp³-hybridized carbons (Fsp3) is 0.400. The largest absolute Gasteiger partial charge is 0.301 e. The van der Waals surface area contributed by atoms with E-state index in [9.17, 15) is 8.78 Å².